The molecule has 8 aromatic rings. The van der Waals surface area contributed by atoms with Gasteiger partial charge in [0.15, 0.2) is 0 Å². The van der Waals surface area contributed by atoms with Crippen LogP contribution in [0.15, 0.2) is 138 Å². The van der Waals surface area contributed by atoms with Crippen LogP contribution < -0.4 is 0 Å². The van der Waals surface area contributed by atoms with E-state index in [1.807, 2.05) is 36.4 Å². The summed E-state index contributed by atoms with van der Waals surface area (Å²) in [4.78, 5) is 9.51. The SMILES string of the molecule is c1ccc(-c2cccc(-c3ccc(-c4cc5c6ccccc6oc5c5ccccc45)c4ccccc34)n2)nc1. The third kappa shape index (κ3) is 3.44. The van der Waals surface area contributed by atoms with Crippen LogP contribution in [0.1, 0.15) is 0 Å². The van der Waals surface area contributed by atoms with Gasteiger partial charge >= 0.3 is 0 Å². The highest BCUT2D eigenvalue weighted by Crippen LogP contribution is 2.43. The molecule has 0 fully saturated rings. The molecule has 5 aromatic carbocycles. The summed E-state index contributed by atoms with van der Waals surface area (Å²) in [6, 6.07) is 44.2. The summed E-state index contributed by atoms with van der Waals surface area (Å²) in [5.41, 5.74) is 8.01. The average molecular weight is 499 g/mol. The van der Waals surface area contributed by atoms with Crippen LogP contribution in [0.2, 0.25) is 0 Å². The fraction of sp³-hybridized carbons (Fsp3) is 0. The summed E-state index contributed by atoms with van der Waals surface area (Å²) < 4.78 is 6.36. The predicted molar refractivity (Wildman–Crippen MR) is 161 cm³/mol. The van der Waals surface area contributed by atoms with Crippen LogP contribution in [0.3, 0.4) is 0 Å². The van der Waals surface area contributed by atoms with E-state index < -0.39 is 0 Å². The van der Waals surface area contributed by atoms with E-state index in [0.29, 0.717) is 0 Å². The van der Waals surface area contributed by atoms with Gasteiger partial charge in [0.05, 0.1) is 17.1 Å². The maximum atomic E-state index is 6.36. The number of aromatic nitrogens is 2. The molecule has 0 radical (unpaired) electrons. The molecular formula is C36H22N2O. The van der Waals surface area contributed by atoms with Gasteiger partial charge in [0.1, 0.15) is 11.2 Å². The number of hydrogen-bond donors (Lipinski definition) is 0. The van der Waals surface area contributed by atoms with Gasteiger partial charge in [-0.1, -0.05) is 91.0 Å². The van der Waals surface area contributed by atoms with Crippen molar-refractivity contribution in [2.24, 2.45) is 0 Å². The lowest BCUT2D eigenvalue weighted by atomic mass is 9.90. The Morgan fingerprint density at radius 1 is 0.410 bits per heavy atom. The largest absolute Gasteiger partial charge is 0.455 e. The van der Waals surface area contributed by atoms with Crippen LogP contribution in [0, 0.1) is 0 Å². The summed E-state index contributed by atoms with van der Waals surface area (Å²) in [5, 5.41) is 6.93. The maximum absolute atomic E-state index is 6.36. The van der Waals surface area contributed by atoms with Crippen LogP contribution in [0.5, 0.6) is 0 Å². The number of rotatable bonds is 3. The van der Waals surface area contributed by atoms with Gasteiger partial charge in [0.25, 0.3) is 0 Å². The highest BCUT2D eigenvalue weighted by molar-refractivity contribution is 6.21. The lowest BCUT2D eigenvalue weighted by Gasteiger charge is -2.14. The van der Waals surface area contributed by atoms with Gasteiger partial charge in [-0.05, 0) is 63.7 Å². The molecule has 0 aliphatic rings. The molecule has 0 spiro atoms. The summed E-state index contributed by atoms with van der Waals surface area (Å²) in [5.74, 6) is 0. The molecule has 182 valence electrons. The van der Waals surface area contributed by atoms with Crippen molar-refractivity contribution in [3.63, 3.8) is 0 Å². The zero-order chi connectivity index (χ0) is 25.8. The average Bonchev–Trinajstić information content (AvgIpc) is 3.40. The molecule has 0 bridgehead atoms. The first kappa shape index (κ1) is 21.8. The highest BCUT2D eigenvalue weighted by Gasteiger charge is 2.17. The van der Waals surface area contributed by atoms with E-state index in [-0.39, 0.29) is 0 Å². The minimum Gasteiger partial charge on any atom is -0.455 e. The van der Waals surface area contributed by atoms with Gasteiger partial charge in [0.2, 0.25) is 0 Å². The van der Waals surface area contributed by atoms with Gasteiger partial charge in [-0.3, -0.25) is 4.98 Å². The summed E-state index contributed by atoms with van der Waals surface area (Å²) in [7, 11) is 0. The standard InChI is InChI=1S/C36H22N2O/c1-2-11-24-23(10-1)26(19-20-27(24)32-16-9-17-34(38-32)33-15-7-8-21-37-33)30-22-31-28-13-5-6-18-35(28)39-36(31)29-14-4-3-12-25(29)30/h1-22H. The minimum atomic E-state index is 0.865. The van der Waals surface area contributed by atoms with Crippen LogP contribution in [-0.2, 0) is 0 Å². The molecule has 0 aliphatic carbocycles. The molecule has 0 N–H and O–H groups in total. The second-order valence-corrected chi connectivity index (χ2v) is 9.77. The number of fused-ring (bicyclic) bond motifs is 6. The molecule has 3 heterocycles. The maximum Gasteiger partial charge on any atom is 0.143 e. The zero-order valence-electron chi connectivity index (χ0n) is 21.0. The highest BCUT2D eigenvalue weighted by atomic mass is 16.3. The molecule has 0 atom stereocenters. The van der Waals surface area contributed by atoms with Gasteiger partial charge in [-0.25, -0.2) is 4.98 Å². The van der Waals surface area contributed by atoms with Gasteiger partial charge in [-0.2, -0.15) is 0 Å². The van der Waals surface area contributed by atoms with E-state index in [9.17, 15) is 0 Å². The number of nitrogens with zero attached hydrogens (tertiary/aromatic N) is 2. The molecule has 0 aliphatic heterocycles. The number of para-hydroxylation sites is 1. The number of furan rings is 1. The molecule has 3 aromatic heterocycles. The number of pyridine rings is 2. The van der Waals surface area contributed by atoms with E-state index in [4.69, 9.17) is 9.40 Å². The van der Waals surface area contributed by atoms with E-state index in [0.717, 1.165) is 50.0 Å². The van der Waals surface area contributed by atoms with Crippen molar-refractivity contribution in [3.8, 4) is 33.8 Å². The predicted octanol–water partition coefficient (Wildman–Crippen LogP) is 9.68. The Labute approximate surface area is 225 Å². The second kappa shape index (κ2) is 8.64. The first-order valence-electron chi connectivity index (χ1n) is 13.1. The van der Waals surface area contributed by atoms with Crippen molar-refractivity contribution in [2.45, 2.75) is 0 Å². The Morgan fingerprint density at radius 3 is 1.82 bits per heavy atom. The van der Waals surface area contributed by atoms with Gasteiger partial charge in [0, 0.05) is 27.9 Å². The topological polar surface area (TPSA) is 38.9 Å². The Kier molecular flexibility index (Phi) is 4.82. The summed E-state index contributed by atoms with van der Waals surface area (Å²) >= 11 is 0. The Hall–Kier alpha value is -5.28. The molecule has 3 nitrogen and oxygen atoms in total. The van der Waals surface area contributed by atoms with Gasteiger partial charge in [-0.15, -0.1) is 0 Å². The zero-order valence-corrected chi connectivity index (χ0v) is 21.0. The van der Waals surface area contributed by atoms with E-state index in [1.165, 1.54) is 27.3 Å². The lowest BCUT2D eigenvalue weighted by molar-refractivity contribution is 0.672. The molecular weight excluding hydrogens is 476 g/mol. The van der Waals surface area contributed by atoms with Crippen molar-refractivity contribution < 1.29 is 4.42 Å². The third-order valence-electron chi connectivity index (χ3n) is 7.55. The minimum absolute atomic E-state index is 0.865. The third-order valence-corrected chi connectivity index (χ3v) is 7.55. The molecule has 0 saturated carbocycles. The monoisotopic (exact) mass is 498 g/mol. The van der Waals surface area contributed by atoms with Crippen molar-refractivity contribution in [1.29, 1.82) is 0 Å². The van der Waals surface area contributed by atoms with E-state index in [1.54, 1.807) is 6.20 Å². The van der Waals surface area contributed by atoms with Crippen molar-refractivity contribution in [3.05, 3.63) is 134 Å². The van der Waals surface area contributed by atoms with Gasteiger partial charge < -0.3 is 4.42 Å². The smallest absolute Gasteiger partial charge is 0.143 e. The Balaban J connectivity index is 1.39. The van der Waals surface area contributed by atoms with Crippen molar-refractivity contribution in [2.75, 3.05) is 0 Å². The molecule has 0 unspecified atom stereocenters. The summed E-state index contributed by atoms with van der Waals surface area (Å²) in [6.07, 6.45) is 1.80. The van der Waals surface area contributed by atoms with Crippen molar-refractivity contribution >= 4 is 43.5 Å². The molecule has 0 saturated heterocycles. The van der Waals surface area contributed by atoms with Crippen LogP contribution in [-0.4, -0.2) is 9.97 Å². The summed E-state index contributed by atoms with van der Waals surface area (Å²) in [6.45, 7) is 0. The molecule has 3 heteroatoms. The van der Waals surface area contributed by atoms with E-state index in [2.05, 4.69) is 96.0 Å². The lowest BCUT2D eigenvalue weighted by Crippen LogP contribution is -1.92. The Morgan fingerprint density at radius 2 is 1.03 bits per heavy atom. The van der Waals surface area contributed by atoms with Crippen LogP contribution in [0.25, 0.3) is 77.3 Å². The quantitative estimate of drug-likeness (QED) is 0.243. The molecule has 39 heavy (non-hydrogen) atoms. The molecule has 0 amide bonds. The number of hydrogen-bond acceptors (Lipinski definition) is 3. The first-order valence-corrected chi connectivity index (χ1v) is 13.1. The first-order chi connectivity index (χ1) is 19.3. The van der Waals surface area contributed by atoms with Crippen molar-refractivity contribution in [1.82, 2.24) is 9.97 Å². The number of benzene rings is 5. The van der Waals surface area contributed by atoms with Crippen LogP contribution in [0.4, 0.5) is 0 Å². The fourth-order valence-electron chi connectivity index (χ4n) is 5.77. The normalized spacial score (nSPS) is 11.6. The fourth-order valence-corrected chi connectivity index (χ4v) is 5.77. The Bertz CT molecular complexity index is 2180. The second-order valence-electron chi connectivity index (χ2n) is 9.77. The molecule has 8 rings (SSSR count). The van der Waals surface area contributed by atoms with E-state index >= 15 is 0 Å². The van der Waals surface area contributed by atoms with Crippen LogP contribution >= 0.6 is 0 Å².